The molecule has 7 rings (SSSR count). The number of amides is 1. The number of hydrogen-bond donors (Lipinski definition) is 1. The average Bonchev–Trinajstić information content (AvgIpc) is 3.53. The highest BCUT2D eigenvalue weighted by Crippen LogP contribution is 2.52. The lowest BCUT2D eigenvalue weighted by Gasteiger charge is -2.41. The molecule has 2 atom stereocenters. The molecule has 0 radical (unpaired) electrons. The van der Waals surface area contributed by atoms with E-state index in [1.54, 1.807) is 0 Å². The molecule has 1 amide bonds. The normalized spacial score (nSPS) is 15.4. The van der Waals surface area contributed by atoms with Gasteiger partial charge in [0.15, 0.2) is 5.78 Å². The monoisotopic (exact) mass is 613 g/mol. The van der Waals surface area contributed by atoms with Crippen LogP contribution in [0.4, 0.5) is 0 Å². The molecule has 0 spiro atoms. The van der Waals surface area contributed by atoms with Crippen molar-refractivity contribution < 1.29 is 14.3 Å². The number of Topliss-reactive ketones (excluding diaryl/α,β-unsaturated/α-hetero) is 1. The highest BCUT2D eigenvalue weighted by molar-refractivity contribution is 6.00. The summed E-state index contributed by atoms with van der Waals surface area (Å²) >= 11 is 0. The lowest BCUT2D eigenvalue weighted by Crippen LogP contribution is -2.57. The van der Waals surface area contributed by atoms with Crippen molar-refractivity contribution in [1.82, 2.24) is 5.32 Å². The van der Waals surface area contributed by atoms with Gasteiger partial charge in [0.25, 0.3) is 0 Å². The minimum absolute atomic E-state index is 0.0237. The molecule has 2 unspecified atom stereocenters. The average molecular weight is 614 g/mol. The minimum atomic E-state index is -1.38. The SMILES string of the molecule is O=C(C(c1ccccc1)c1ccccc1)C1c2ccccc2OC1C(C(=O)NCc1ccccc1)(c1ccccc1)c1ccccc1. The molecule has 0 bridgehead atoms. The summed E-state index contributed by atoms with van der Waals surface area (Å²) in [6.45, 7) is 0.329. The van der Waals surface area contributed by atoms with Gasteiger partial charge >= 0.3 is 0 Å². The fraction of sp³-hybridized carbons (Fsp3) is 0.116. The maximum Gasteiger partial charge on any atom is 0.239 e. The number of fused-ring (bicyclic) bond motifs is 1. The predicted octanol–water partition coefficient (Wildman–Crippen LogP) is 8.24. The van der Waals surface area contributed by atoms with Gasteiger partial charge in [-0.15, -0.1) is 0 Å². The second kappa shape index (κ2) is 13.3. The Morgan fingerprint density at radius 3 is 1.55 bits per heavy atom. The first-order chi connectivity index (χ1) is 23.2. The van der Waals surface area contributed by atoms with Gasteiger partial charge in [-0.2, -0.15) is 0 Å². The molecule has 0 saturated carbocycles. The number of carbonyl (C=O) groups excluding carboxylic acids is 2. The van der Waals surface area contributed by atoms with Crippen molar-refractivity contribution in [2.45, 2.75) is 29.9 Å². The van der Waals surface area contributed by atoms with Crippen molar-refractivity contribution in [2.75, 3.05) is 0 Å². The third kappa shape index (κ3) is 5.64. The zero-order valence-corrected chi connectivity index (χ0v) is 25.9. The van der Waals surface area contributed by atoms with E-state index in [9.17, 15) is 0 Å². The largest absolute Gasteiger partial charge is 0.487 e. The van der Waals surface area contributed by atoms with Crippen molar-refractivity contribution in [1.29, 1.82) is 0 Å². The standard InChI is InChI=1S/C43H35NO3/c45-40(38(32-20-8-2-9-21-32)33-22-10-3-11-23-33)39-36-28-16-17-29-37(36)47-41(39)43(34-24-12-4-13-25-34,35-26-14-5-15-27-35)42(46)44-30-31-18-6-1-7-19-31/h1-29,38-39,41H,30H2,(H,44,46). The van der Waals surface area contributed by atoms with Gasteiger partial charge in [0.1, 0.15) is 17.3 Å². The summed E-state index contributed by atoms with van der Waals surface area (Å²) < 4.78 is 6.93. The van der Waals surface area contributed by atoms with E-state index in [2.05, 4.69) is 5.32 Å². The fourth-order valence-corrected chi connectivity index (χ4v) is 7.05. The third-order valence-corrected chi connectivity index (χ3v) is 9.21. The molecule has 1 aliphatic heterocycles. The summed E-state index contributed by atoms with van der Waals surface area (Å²) in [7, 11) is 0. The van der Waals surface area contributed by atoms with E-state index in [0.717, 1.165) is 33.4 Å². The molecule has 4 nitrogen and oxygen atoms in total. The Hall–Kier alpha value is -5.74. The molecule has 6 aromatic rings. The van der Waals surface area contributed by atoms with Gasteiger partial charge in [-0.25, -0.2) is 0 Å². The van der Waals surface area contributed by atoms with Crippen molar-refractivity contribution in [3.05, 3.63) is 209 Å². The zero-order valence-electron chi connectivity index (χ0n) is 25.9. The fourth-order valence-electron chi connectivity index (χ4n) is 7.05. The second-order valence-electron chi connectivity index (χ2n) is 11.9. The Morgan fingerprint density at radius 2 is 1.02 bits per heavy atom. The van der Waals surface area contributed by atoms with Crippen LogP contribution in [-0.2, 0) is 21.5 Å². The van der Waals surface area contributed by atoms with Crippen molar-refractivity contribution in [3.8, 4) is 5.75 Å². The van der Waals surface area contributed by atoms with Gasteiger partial charge < -0.3 is 10.1 Å². The summed E-state index contributed by atoms with van der Waals surface area (Å²) in [5.74, 6) is -0.978. The van der Waals surface area contributed by atoms with Crippen LogP contribution in [-0.4, -0.2) is 17.8 Å². The van der Waals surface area contributed by atoms with Gasteiger partial charge in [-0.3, -0.25) is 9.59 Å². The highest BCUT2D eigenvalue weighted by Gasteiger charge is 2.58. The number of hydrogen-bond acceptors (Lipinski definition) is 3. The third-order valence-electron chi connectivity index (χ3n) is 9.21. The van der Waals surface area contributed by atoms with E-state index in [4.69, 9.17) is 4.74 Å². The Balaban J connectivity index is 1.44. The summed E-state index contributed by atoms with van der Waals surface area (Å²) in [6.07, 6.45) is -0.886. The molecule has 6 aromatic carbocycles. The number of nitrogens with one attached hydrogen (secondary N) is 1. The molecule has 0 aromatic heterocycles. The van der Waals surface area contributed by atoms with Gasteiger partial charge in [0.2, 0.25) is 5.91 Å². The maximum atomic E-state index is 15.4. The molecule has 1 heterocycles. The lowest BCUT2D eigenvalue weighted by atomic mass is 9.63. The molecule has 0 fully saturated rings. The molecular weight excluding hydrogens is 578 g/mol. The number of para-hydroxylation sites is 1. The van der Waals surface area contributed by atoms with Gasteiger partial charge in [-0.05, 0) is 33.9 Å². The summed E-state index contributed by atoms with van der Waals surface area (Å²) in [5.41, 5.74) is 3.68. The zero-order chi connectivity index (χ0) is 32.1. The van der Waals surface area contributed by atoms with E-state index in [1.165, 1.54) is 0 Å². The van der Waals surface area contributed by atoms with Crippen molar-refractivity contribution in [3.63, 3.8) is 0 Å². The Morgan fingerprint density at radius 1 is 0.574 bits per heavy atom. The van der Waals surface area contributed by atoms with Crippen LogP contribution < -0.4 is 10.1 Å². The number of benzene rings is 6. The number of rotatable bonds is 10. The maximum absolute atomic E-state index is 15.4. The Kier molecular flexibility index (Phi) is 8.48. The first kappa shape index (κ1) is 29.9. The van der Waals surface area contributed by atoms with Gasteiger partial charge in [0.05, 0.1) is 11.8 Å². The summed E-state index contributed by atoms with van der Waals surface area (Å²) in [5, 5.41) is 3.26. The van der Waals surface area contributed by atoms with Crippen LogP contribution in [0.1, 0.15) is 45.2 Å². The van der Waals surface area contributed by atoms with Crippen molar-refractivity contribution in [2.24, 2.45) is 0 Å². The van der Waals surface area contributed by atoms with Gasteiger partial charge in [-0.1, -0.05) is 170 Å². The second-order valence-corrected chi connectivity index (χ2v) is 11.9. The quantitative estimate of drug-likeness (QED) is 0.169. The first-order valence-electron chi connectivity index (χ1n) is 16.0. The molecule has 1 aliphatic rings. The predicted molar refractivity (Wildman–Crippen MR) is 185 cm³/mol. The van der Waals surface area contributed by atoms with Crippen LogP contribution in [0.15, 0.2) is 176 Å². The van der Waals surface area contributed by atoms with Crippen LogP contribution in [0.3, 0.4) is 0 Å². The van der Waals surface area contributed by atoms with E-state index < -0.39 is 23.4 Å². The topological polar surface area (TPSA) is 55.4 Å². The molecule has 0 aliphatic carbocycles. The van der Waals surface area contributed by atoms with E-state index >= 15 is 9.59 Å². The number of ether oxygens (including phenoxy) is 1. The lowest BCUT2D eigenvalue weighted by molar-refractivity contribution is -0.130. The highest BCUT2D eigenvalue weighted by atomic mass is 16.5. The van der Waals surface area contributed by atoms with Crippen LogP contribution in [0, 0.1) is 0 Å². The molecule has 4 heteroatoms. The van der Waals surface area contributed by atoms with E-state index in [0.29, 0.717) is 12.3 Å². The van der Waals surface area contributed by atoms with Crippen LogP contribution in [0.5, 0.6) is 5.75 Å². The molecule has 230 valence electrons. The Labute approximate surface area is 275 Å². The minimum Gasteiger partial charge on any atom is -0.487 e. The van der Waals surface area contributed by atoms with Crippen LogP contribution in [0.25, 0.3) is 0 Å². The number of ketones is 1. The van der Waals surface area contributed by atoms with Crippen molar-refractivity contribution >= 4 is 11.7 Å². The smallest absolute Gasteiger partial charge is 0.239 e. The molecule has 0 saturated heterocycles. The summed E-state index contributed by atoms with van der Waals surface area (Å²) in [4.78, 5) is 30.6. The first-order valence-corrected chi connectivity index (χ1v) is 16.0. The number of carbonyl (C=O) groups is 2. The molecule has 1 N–H and O–H groups in total. The summed E-state index contributed by atoms with van der Waals surface area (Å²) in [6, 6.07) is 56.8. The molecular formula is C43H35NO3. The van der Waals surface area contributed by atoms with E-state index in [-0.39, 0.29) is 11.7 Å². The Bertz CT molecular complexity index is 1870. The van der Waals surface area contributed by atoms with Crippen LogP contribution in [0.2, 0.25) is 0 Å². The van der Waals surface area contributed by atoms with Crippen LogP contribution >= 0.6 is 0 Å². The van der Waals surface area contributed by atoms with Gasteiger partial charge in [0, 0.05) is 12.1 Å². The molecule has 47 heavy (non-hydrogen) atoms. The van der Waals surface area contributed by atoms with E-state index in [1.807, 2.05) is 176 Å².